The molecule has 1 saturated carbocycles. The molecule has 1 heteroatoms. The highest BCUT2D eigenvalue weighted by molar-refractivity contribution is 5.83. The van der Waals surface area contributed by atoms with Crippen molar-refractivity contribution >= 4 is 5.78 Å². The number of carbonyl (C=O) groups is 1. The maximum absolute atomic E-state index is 11.6. The monoisotopic (exact) mass is 194 g/mol. The molecule has 2 atom stereocenters. The van der Waals surface area contributed by atoms with E-state index in [9.17, 15) is 4.79 Å². The first-order valence-corrected chi connectivity index (χ1v) is 5.79. The topological polar surface area (TPSA) is 17.1 Å². The Balaban J connectivity index is 2.52. The number of allylic oxidation sites excluding steroid dienone is 2. The Morgan fingerprint density at radius 1 is 1.50 bits per heavy atom. The van der Waals surface area contributed by atoms with Gasteiger partial charge >= 0.3 is 0 Å². The highest BCUT2D eigenvalue weighted by Gasteiger charge is 2.33. The zero-order chi connectivity index (χ0) is 10.6. The van der Waals surface area contributed by atoms with Crippen molar-refractivity contribution in [3.63, 3.8) is 0 Å². The van der Waals surface area contributed by atoms with E-state index in [4.69, 9.17) is 0 Å². The van der Waals surface area contributed by atoms with E-state index in [0.29, 0.717) is 17.6 Å². The second-order valence-corrected chi connectivity index (χ2v) is 4.81. The van der Waals surface area contributed by atoms with Crippen LogP contribution in [-0.2, 0) is 4.79 Å². The van der Waals surface area contributed by atoms with Gasteiger partial charge in [0, 0.05) is 12.3 Å². The molecule has 1 fully saturated rings. The van der Waals surface area contributed by atoms with Crippen LogP contribution in [0.2, 0.25) is 0 Å². The molecule has 1 rings (SSSR count). The molecule has 0 aromatic rings. The van der Waals surface area contributed by atoms with Crippen molar-refractivity contribution in [3.05, 3.63) is 12.2 Å². The van der Waals surface area contributed by atoms with Crippen molar-refractivity contribution in [1.29, 1.82) is 0 Å². The van der Waals surface area contributed by atoms with E-state index < -0.39 is 0 Å². The van der Waals surface area contributed by atoms with Gasteiger partial charge < -0.3 is 0 Å². The average Bonchev–Trinajstić information content (AvgIpc) is 2.44. The van der Waals surface area contributed by atoms with Gasteiger partial charge in [-0.15, -0.1) is 0 Å². The smallest absolute Gasteiger partial charge is 0.136 e. The van der Waals surface area contributed by atoms with Crippen LogP contribution in [0.15, 0.2) is 12.2 Å². The number of carbonyl (C=O) groups excluding carboxylic acids is 1. The lowest BCUT2D eigenvalue weighted by Gasteiger charge is -2.18. The van der Waals surface area contributed by atoms with Crippen LogP contribution in [0.5, 0.6) is 0 Å². The van der Waals surface area contributed by atoms with E-state index in [0.717, 1.165) is 25.2 Å². The van der Waals surface area contributed by atoms with Crippen LogP contribution in [0, 0.1) is 17.8 Å². The predicted molar refractivity (Wildman–Crippen MR) is 60.1 cm³/mol. The molecule has 0 N–H and O–H groups in total. The largest absolute Gasteiger partial charge is 0.299 e. The van der Waals surface area contributed by atoms with Gasteiger partial charge in [-0.25, -0.2) is 0 Å². The molecule has 0 aliphatic heterocycles. The molecular weight excluding hydrogens is 172 g/mol. The Hall–Kier alpha value is -0.590. The van der Waals surface area contributed by atoms with E-state index in [1.165, 1.54) is 6.42 Å². The Kier molecular flexibility index (Phi) is 4.37. The average molecular weight is 194 g/mol. The molecule has 0 bridgehead atoms. The van der Waals surface area contributed by atoms with Crippen LogP contribution < -0.4 is 0 Å². The Labute approximate surface area is 87.6 Å². The number of rotatable bonds is 4. The lowest BCUT2D eigenvalue weighted by Crippen LogP contribution is -2.15. The summed E-state index contributed by atoms with van der Waals surface area (Å²) in [6.45, 7) is 6.52. The molecule has 0 aromatic carbocycles. The van der Waals surface area contributed by atoms with Gasteiger partial charge in [0.2, 0.25) is 0 Å². The molecule has 0 radical (unpaired) electrons. The second kappa shape index (κ2) is 5.33. The van der Waals surface area contributed by atoms with E-state index in [-0.39, 0.29) is 0 Å². The van der Waals surface area contributed by atoms with Gasteiger partial charge in [-0.05, 0) is 38.0 Å². The summed E-state index contributed by atoms with van der Waals surface area (Å²) in [5.74, 6) is 2.19. The van der Waals surface area contributed by atoms with Gasteiger partial charge in [0.15, 0.2) is 0 Å². The third-order valence-corrected chi connectivity index (χ3v) is 3.14. The van der Waals surface area contributed by atoms with Crippen molar-refractivity contribution in [1.82, 2.24) is 0 Å². The first kappa shape index (κ1) is 11.5. The van der Waals surface area contributed by atoms with Crippen LogP contribution >= 0.6 is 0 Å². The van der Waals surface area contributed by atoms with Gasteiger partial charge in [0.05, 0.1) is 0 Å². The number of hydrogen-bond donors (Lipinski definition) is 0. The third-order valence-electron chi connectivity index (χ3n) is 3.14. The van der Waals surface area contributed by atoms with Gasteiger partial charge in [0.25, 0.3) is 0 Å². The fourth-order valence-electron chi connectivity index (χ4n) is 2.47. The van der Waals surface area contributed by atoms with Gasteiger partial charge in [0.1, 0.15) is 5.78 Å². The van der Waals surface area contributed by atoms with Crippen LogP contribution in [0.3, 0.4) is 0 Å². The standard InChI is InChI=1S/C13H22O/c1-4-5-6-12-11(9-10(2)3)7-8-13(12)14/h4-5,10-12H,6-9H2,1-3H3/b5-4+. The second-order valence-electron chi connectivity index (χ2n) is 4.81. The molecule has 14 heavy (non-hydrogen) atoms. The van der Waals surface area contributed by atoms with E-state index in [2.05, 4.69) is 26.0 Å². The normalized spacial score (nSPS) is 28.1. The number of Topliss-reactive ketones (excluding diaryl/α,β-unsaturated/α-hetero) is 1. The molecule has 2 unspecified atom stereocenters. The van der Waals surface area contributed by atoms with Gasteiger partial charge in [-0.2, -0.15) is 0 Å². The summed E-state index contributed by atoms with van der Waals surface area (Å²) in [6.07, 6.45) is 8.32. The summed E-state index contributed by atoms with van der Waals surface area (Å²) >= 11 is 0. The lowest BCUT2D eigenvalue weighted by atomic mass is 9.86. The Bertz CT molecular complexity index is 215. The van der Waals surface area contributed by atoms with Crippen LogP contribution in [-0.4, -0.2) is 5.78 Å². The molecule has 80 valence electrons. The molecule has 0 heterocycles. The van der Waals surface area contributed by atoms with Crippen LogP contribution in [0.4, 0.5) is 0 Å². The number of hydrogen-bond acceptors (Lipinski definition) is 1. The Morgan fingerprint density at radius 3 is 2.79 bits per heavy atom. The van der Waals surface area contributed by atoms with Crippen LogP contribution in [0.25, 0.3) is 0 Å². The lowest BCUT2D eigenvalue weighted by molar-refractivity contribution is -0.121. The SMILES string of the molecule is C/C=C/CC1C(=O)CCC1CC(C)C. The maximum Gasteiger partial charge on any atom is 0.136 e. The van der Waals surface area contributed by atoms with Gasteiger partial charge in [-0.3, -0.25) is 4.79 Å². The number of ketones is 1. The summed E-state index contributed by atoms with van der Waals surface area (Å²) in [4.78, 5) is 11.6. The predicted octanol–water partition coefficient (Wildman–Crippen LogP) is 3.59. The first-order chi connectivity index (χ1) is 6.65. The van der Waals surface area contributed by atoms with Crippen molar-refractivity contribution in [3.8, 4) is 0 Å². The summed E-state index contributed by atoms with van der Waals surface area (Å²) in [6, 6.07) is 0. The van der Waals surface area contributed by atoms with Crippen molar-refractivity contribution in [2.24, 2.45) is 17.8 Å². The highest BCUT2D eigenvalue weighted by atomic mass is 16.1. The van der Waals surface area contributed by atoms with E-state index in [1.807, 2.05) is 6.92 Å². The van der Waals surface area contributed by atoms with E-state index in [1.54, 1.807) is 0 Å². The maximum atomic E-state index is 11.6. The molecule has 1 aliphatic carbocycles. The minimum absolute atomic E-state index is 0.327. The van der Waals surface area contributed by atoms with Crippen molar-refractivity contribution in [2.45, 2.75) is 46.5 Å². The summed E-state index contributed by atoms with van der Waals surface area (Å²) in [5, 5.41) is 0. The van der Waals surface area contributed by atoms with E-state index >= 15 is 0 Å². The summed E-state index contributed by atoms with van der Waals surface area (Å²) in [5.41, 5.74) is 0. The fourth-order valence-corrected chi connectivity index (χ4v) is 2.47. The molecule has 1 aliphatic rings. The molecular formula is C13H22O. The molecule has 0 spiro atoms. The highest BCUT2D eigenvalue weighted by Crippen LogP contribution is 2.35. The zero-order valence-corrected chi connectivity index (χ0v) is 9.62. The quantitative estimate of drug-likeness (QED) is 0.625. The van der Waals surface area contributed by atoms with Crippen LogP contribution in [0.1, 0.15) is 46.5 Å². The zero-order valence-electron chi connectivity index (χ0n) is 9.62. The summed E-state index contributed by atoms with van der Waals surface area (Å²) in [7, 11) is 0. The minimum Gasteiger partial charge on any atom is -0.299 e. The Morgan fingerprint density at radius 2 is 2.21 bits per heavy atom. The van der Waals surface area contributed by atoms with Gasteiger partial charge in [-0.1, -0.05) is 26.0 Å². The third kappa shape index (κ3) is 2.97. The first-order valence-electron chi connectivity index (χ1n) is 5.79. The molecule has 0 aromatic heterocycles. The van der Waals surface area contributed by atoms with Crippen molar-refractivity contribution in [2.75, 3.05) is 0 Å². The minimum atomic E-state index is 0.327. The molecule has 0 saturated heterocycles. The fraction of sp³-hybridized carbons (Fsp3) is 0.769. The molecule has 0 amide bonds. The summed E-state index contributed by atoms with van der Waals surface area (Å²) < 4.78 is 0. The van der Waals surface area contributed by atoms with Crippen molar-refractivity contribution < 1.29 is 4.79 Å². The molecule has 1 nitrogen and oxygen atoms in total.